The fourth-order valence-electron chi connectivity index (χ4n) is 1.23. The number of hydrogen-bond acceptors (Lipinski definition) is 3. The molecule has 0 spiro atoms. The molecule has 1 fully saturated rings. The summed E-state index contributed by atoms with van der Waals surface area (Å²) in [6.45, 7) is 0.376. The molecule has 0 heterocycles. The first-order valence-electron chi connectivity index (χ1n) is 4.56. The number of benzene rings is 1. The third-order valence-electron chi connectivity index (χ3n) is 2.08. The summed E-state index contributed by atoms with van der Waals surface area (Å²) < 4.78 is 6.71. The second-order valence-corrected chi connectivity index (χ2v) is 4.30. The second kappa shape index (κ2) is 4.29. The second-order valence-electron chi connectivity index (χ2n) is 3.38. The molecule has 0 atom stereocenters. The molecule has 1 aromatic rings. The molecule has 0 saturated heterocycles. The van der Waals surface area contributed by atoms with Gasteiger partial charge >= 0.3 is 0 Å². The molecule has 4 heteroatoms. The zero-order chi connectivity index (χ0) is 9.97. The first kappa shape index (κ1) is 9.96. The maximum Gasteiger partial charge on any atom is 0.125 e. The molecular formula is C10H12BrNO2. The molecule has 2 N–H and O–H groups in total. The Hall–Kier alpha value is -0.580. The van der Waals surface area contributed by atoms with Crippen LogP contribution in [-0.4, -0.2) is 6.10 Å². The van der Waals surface area contributed by atoms with Crippen molar-refractivity contribution < 1.29 is 9.57 Å². The van der Waals surface area contributed by atoms with Crippen molar-refractivity contribution >= 4 is 15.9 Å². The maximum absolute atomic E-state index is 5.71. The van der Waals surface area contributed by atoms with E-state index in [-0.39, 0.29) is 0 Å². The number of nitrogens with two attached hydrogens (primary N) is 1. The van der Waals surface area contributed by atoms with Crippen LogP contribution in [0.2, 0.25) is 0 Å². The fraction of sp³-hybridized carbons (Fsp3) is 0.400. The van der Waals surface area contributed by atoms with Crippen molar-refractivity contribution in [1.82, 2.24) is 0 Å². The highest BCUT2D eigenvalue weighted by Gasteiger charge is 2.24. The van der Waals surface area contributed by atoms with Gasteiger partial charge in [-0.3, -0.25) is 4.84 Å². The van der Waals surface area contributed by atoms with Crippen LogP contribution >= 0.6 is 15.9 Å². The van der Waals surface area contributed by atoms with Gasteiger partial charge in [0, 0.05) is 10.0 Å². The molecule has 0 unspecified atom stereocenters. The van der Waals surface area contributed by atoms with E-state index in [2.05, 4.69) is 20.8 Å². The highest BCUT2D eigenvalue weighted by molar-refractivity contribution is 9.10. The molecule has 14 heavy (non-hydrogen) atoms. The predicted molar refractivity (Wildman–Crippen MR) is 56.8 cm³/mol. The Morgan fingerprint density at radius 1 is 1.43 bits per heavy atom. The van der Waals surface area contributed by atoms with Crippen molar-refractivity contribution in [1.29, 1.82) is 0 Å². The monoisotopic (exact) mass is 257 g/mol. The summed E-state index contributed by atoms with van der Waals surface area (Å²) in [6, 6.07) is 5.86. The van der Waals surface area contributed by atoms with Crippen LogP contribution in [0.15, 0.2) is 22.7 Å². The molecular weight excluding hydrogens is 246 g/mol. The van der Waals surface area contributed by atoms with E-state index in [4.69, 9.17) is 10.6 Å². The lowest BCUT2D eigenvalue weighted by Gasteiger charge is -2.10. The first-order chi connectivity index (χ1) is 6.79. The van der Waals surface area contributed by atoms with Crippen LogP contribution in [0.1, 0.15) is 18.4 Å². The van der Waals surface area contributed by atoms with Gasteiger partial charge in [-0.05, 0) is 31.0 Å². The average molecular weight is 258 g/mol. The molecule has 1 aliphatic rings. The van der Waals surface area contributed by atoms with Crippen LogP contribution in [0.3, 0.4) is 0 Å². The van der Waals surface area contributed by atoms with Crippen molar-refractivity contribution in [2.75, 3.05) is 0 Å². The summed E-state index contributed by atoms with van der Waals surface area (Å²) in [4.78, 5) is 4.62. The van der Waals surface area contributed by atoms with Crippen molar-refractivity contribution in [3.8, 4) is 5.75 Å². The third-order valence-corrected chi connectivity index (χ3v) is 2.57. The number of ether oxygens (including phenoxy) is 1. The van der Waals surface area contributed by atoms with E-state index in [0.29, 0.717) is 12.7 Å². The van der Waals surface area contributed by atoms with E-state index in [1.54, 1.807) is 0 Å². The lowest BCUT2D eigenvalue weighted by Crippen LogP contribution is -2.04. The molecule has 0 bridgehead atoms. The van der Waals surface area contributed by atoms with Crippen molar-refractivity contribution in [3.63, 3.8) is 0 Å². The van der Waals surface area contributed by atoms with Gasteiger partial charge in [0.15, 0.2) is 0 Å². The van der Waals surface area contributed by atoms with Crippen LogP contribution in [-0.2, 0) is 11.4 Å². The molecule has 0 aromatic heterocycles. The summed E-state index contributed by atoms with van der Waals surface area (Å²) in [5.74, 6) is 5.93. The Morgan fingerprint density at radius 3 is 2.86 bits per heavy atom. The van der Waals surface area contributed by atoms with Crippen LogP contribution in [0.25, 0.3) is 0 Å². The maximum atomic E-state index is 5.71. The minimum Gasteiger partial charge on any atom is -0.490 e. The standard InChI is InChI=1S/C10H12BrNO2/c11-8-1-4-10(14-9-2-3-9)7(5-8)6-13-12/h1,4-5,9H,2-3,6,12H2. The highest BCUT2D eigenvalue weighted by Crippen LogP contribution is 2.30. The predicted octanol–water partition coefficient (Wildman–Crippen LogP) is 2.38. The van der Waals surface area contributed by atoms with Gasteiger partial charge < -0.3 is 4.74 Å². The lowest BCUT2D eigenvalue weighted by atomic mass is 10.2. The number of rotatable bonds is 4. The van der Waals surface area contributed by atoms with Gasteiger partial charge in [-0.1, -0.05) is 15.9 Å². The SMILES string of the molecule is NOCc1cc(Br)ccc1OC1CC1. The van der Waals surface area contributed by atoms with Crippen LogP contribution in [0, 0.1) is 0 Å². The Labute approximate surface area is 91.3 Å². The summed E-state index contributed by atoms with van der Waals surface area (Å²) in [6.07, 6.45) is 2.70. The Kier molecular flexibility index (Phi) is 3.05. The minimum absolute atomic E-state index is 0.376. The van der Waals surface area contributed by atoms with E-state index in [0.717, 1.165) is 28.6 Å². The van der Waals surface area contributed by atoms with E-state index in [1.807, 2.05) is 18.2 Å². The molecule has 0 amide bonds. The lowest BCUT2D eigenvalue weighted by molar-refractivity contribution is 0.121. The molecule has 1 aromatic carbocycles. The minimum atomic E-state index is 0.376. The topological polar surface area (TPSA) is 44.5 Å². The van der Waals surface area contributed by atoms with Crippen LogP contribution in [0.5, 0.6) is 5.75 Å². The van der Waals surface area contributed by atoms with Gasteiger partial charge in [0.05, 0.1) is 12.7 Å². The summed E-state index contributed by atoms with van der Waals surface area (Å²) in [5.41, 5.74) is 0.980. The molecule has 1 saturated carbocycles. The van der Waals surface area contributed by atoms with Gasteiger partial charge in [0.2, 0.25) is 0 Å². The van der Waals surface area contributed by atoms with Gasteiger partial charge in [0.1, 0.15) is 5.75 Å². The molecule has 1 aliphatic carbocycles. The summed E-state index contributed by atoms with van der Waals surface area (Å²) in [7, 11) is 0. The Balaban J connectivity index is 2.17. The van der Waals surface area contributed by atoms with Crippen molar-refractivity contribution in [2.45, 2.75) is 25.6 Å². The number of halogens is 1. The van der Waals surface area contributed by atoms with E-state index in [1.165, 1.54) is 0 Å². The summed E-state index contributed by atoms with van der Waals surface area (Å²) >= 11 is 3.40. The molecule has 76 valence electrons. The van der Waals surface area contributed by atoms with E-state index < -0.39 is 0 Å². The highest BCUT2D eigenvalue weighted by atomic mass is 79.9. The summed E-state index contributed by atoms with van der Waals surface area (Å²) in [5, 5.41) is 0. The Bertz CT molecular complexity index is 326. The van der Waals surface area contributed by atoms with Gasteiger partial charge in [-0.25, -0.2) is 5.90 Å². The molecule has 3 nitrogen and oxygen atoms in total. The van der Waals surface area contributed by atoms with E-state index in [9.17, 15) is 0 Å². The van der Waals surface area contributed by atoms with Crippen molar-refractivity contribution in [2.24, 2.45) is 5.90 Å². The third kappa shape index (κ3) is 2.47. The Morgan fingerprint density at radius 2 is 2.21 bits per heavy atom. The van der Waals surface area contributed by atoms with Gasteiger partial charge in [0.25, 0.3) is 0 Å². The molecule has 0 aliphatic heterocycles. The first-order valence-corrected chi connectivity index (χ1v) is 5.35. The average Bonchev–Trinajstić information content (AvgIpc) is 2.94. The molecule has 2 rings (SSSR count). The number of hydrogen-bond donors (Lipinski definition) is 1. The quantitative estimate of drug-likeness (QED) is 0.843. The normalized spacial score (nSPS) is 15.6. The largest absolute Gasteiger partial charge is 0.490 e. The molecule has 0 radical (unpaired) electrons. The van der Waals surface area contributed by atoms with Crippen LogP contribution < -0.4 is 10.6 Å². The van der Waals surface area contributed by atoms with E-state index >= 15 is 0 Å². The van der Waals surface area contributed by atoms with Gasteiger partial charge in [-0.15, -0.1) is 0 Å². The zero-order valence-electron chi connectivity index (χ0n) is 7.70. The van der Waals surface area contributed by atoms with Gasteiger partial charge in [-0.2, -0.15) is 0 Å². The van der Waals surface area contributed by atoms with Crippen molar-refractivity contribution in [3.05, 3.63) is 28.2 Å². The fourth-order valence-corrected chi connectivity index (χ4v) is 1.64. The zero-order valence-corrected chi connectivity index (χ0v) is 9.29. The smallest absolute Gasteiger partial charge is 0.125 e. The van der Waals surface area contributed by atoms with Crippen LogP contribution in [0.4, 0.5) is 0 Å².